The Balaban J connectivity index is 1.61. The molecule has 0 fully saturated rings. The van der Waals surface area contributed by atoms with E-state index in [2.05, 4.69) is 24.0 Å². The van der Waals surface area contributed by atoms with Gasteiger partial charge in [-0.05, 0) is 36.1 Å². The van der Waals surface area contributed by atoms with Crippen LogP contribution in [0.25, 0.3) is 11.1 Å². The molecule has 9 heteroatoms. The van der Waals surface area contributed by atoms with Gasteiger partial charge in [0.25, 0.3) is 0 Å². The van der Waals surface area contributed by atoms with Crippen LogP contribution in [0.2, 0.25) is 0 Å². The van der Waals surface area contributed by atoms with Gasteiger partial charge in [-0.1, -0.05) is 61.2 Å². The number of rotatable bonds is 11. The standard InChI is InChI=1S/C30H37N3O6/c1-7-16-38-26(34)17-25(27(35)32(4)5)33(6)28(36)30(2,3)19-31-29(37)39-18-24-22-14-10-8-12-20(22)21-13-9-11-15-23(21)24/h7-15,24-25H,1,16-19H2,2-6H3,(H,31,37)/t25-/m0/s1. The minimum absolute atomic E-state index is 0.00885. The number of nitrogens with one attached hydrogen (secondary N) is 1. The first-order valence-electron chi connectivity index (χ1n) is 12.8. The number of esters is 1. The number of hydrogen-bond donors (Lipinski definition) is 1. The molecule has 2 aromatic carbocycles. The Hall–Kier alpha value is -4.14. The van der Waals surface area contributed by atoms with Crippen LogP contribution in [0, 0.1) is 5.41 Å². The van der Waals surface area contributed by atoms with E-state index in [1.807, 2.05) is 36.4 Å². The highest BCUT2D eigenvalue weighted by Gasteiger charge is 2.38. The van der Waals surface area contributed by atoms with Crippen LogP contribution in [0.15, 0.2) is 61.2 Å². The molecule has 0 unspecified atom stereocenters. The smallest absolute Gasteiger partial charge is 0.407 e. The van der Waals surface area contributed by atoms with Crippen LogP contribution in [0.4, 0.5) is 4.79 Å². The number of carbonyl (C=O) groups excluding carboxylic acids is 4. The number of hydrogen-bond acceptors (Lipinski definition) is 6. The quantitative estimate of drug-likeness (QED) is 0.348. The van der Waals surface area contributed by atoms with Crippen molar-refractivity contribution in [2.45, 2.75) is 32.2 Å². The van der Waals surface area contributed by atoms with E-state index in [0.717, 1.165) is 22.3 Å². The number of nitrogens with zero attached hydrogens (tertiary/aromatic N) is 2. The topological polar surface area (TPSA) is 105 Å². The predicted molar refractivity (Wildman–Crippen MR) is 148 cm³/mol. The van der Waals surface area contributed by atoms with Gasteiger partial charge in [0.05, 0.1) is 11.8 Å². The fourth-order valence-corrected chi connectivity index (χ4v) is 4.69. The fourth-order valence-electron chi connectivity index (χ4n) is 4.69. The third kappa shape index (κ3) is 6.85. The molecule has 0 radical (unpaired) electrons. The van der Waals surface area contributed by atoms with Gasteiger partial charge in [-0.2, -0.15) is 0 Å². The summed E-state index contributed by atoms with van der Waals surface area (Å²) in [5.41, 5.74) is 3.38. The Kier molecular flexibility index (Phi) is 9.51. The van der Waals surface area contributed by atoms with Crippen molar-refractivity contribution in [2.24, 2.45) is 5.41 Å². The van der Waals surface area contributed by atoms with Gasteiger partial charge in [-0.15, -0.1) is 0 Å². The molecule has 0 bridgehead atoms. The van der Waals surface area contributed by atoms with E-state index in [4.69, 9.17) is 9.47 Å². The second-order valence-electron chi connectivity index (χ2n) is 10.4. The summed E-state index contributed by atoms with van der Waals surface area (Å²) in [4.78, 5) is 53.6. The number of fused-ring (bicyclic) bond motifs is 3. The maximum atomic E-state index is 13.4. The predicted octanol–water partition coefficient (Wildman–Crippen LogP) is 3.59. The molecule has 2 aromatic rings. The first-order valence-corrected chi connectivity index (χ1v) is 12.8. The largest absolute Gasteiger partial charge is 0.461 e. The average molecular weight is 536 g/mol. The number of amides is 3. The number of likely N-dealkylation sites (N-methyl/N-ethyl adjacent to an activating group) is 2. The van der Waals surface area contributed by atoms with E-state index >= 15 is 0 Å². The molecule has 0 saturated carbocycles. The summed E-state index contributed by atoms with van der Waals surface area (Å²) in [5.74, 6) is -1.54. The normalized spacial score (nSPS) is 12.9. The lowest BCUT2D eigenvalue weighted by molar-refractivity contribution is -0.153. The number of benzene rings is 2. The number of alkyl carbamates (subject to hydrolysis) is 1. The lowest BCUT2D eigenvalue weighted by Gasteiger charge is -2.34. The summed E-state index contributed by atoms with van der Waals surface area (Å²) in [6.07, 6.45) is 0.477. The molecule has 0 saturated heterocycles. The van der Waals surface area contributed by atoms with Gasteiger partial charge in [0.15, 0.2) is 0 Å². The van der Waals surface area contributed by atoms with E-state index in [1.165, 1.54) is 22.9 Å². The van der Waals surface area contributed by atoms with Gasteiger partial charge in [-0.25, -0.2) is 4.79 Å². The molecule has 3 amide bonds. The van der Waals surface area contributed by atoms with Crippen LogP contribution < -0.4 is 5.32 Å². The zero-order chi connectivity index (χ0) is 28.7. The van der Waals surface area contributed by atoms with Gasteiger partial charge in [0.1, 0.15) is 19.3 Å². The number of ether oxygens (including phenoxy) is 2. The van der Waals surface area contributed by atoms with Crippen LogP contribution in [-0.2, 0) is 23.9 Å². The Labute approximate surface area is 229 Å². The molecule has 0 aromatic heterocycles. The first kappa shape index (κ1) is 29.4. The Morgan fingerprint density at radius 1 is 0.974 bits per heavy atom. The van der Waals surface area contributed by atoms with Gasteiger partial charge in [0.2, 0.25) is 11.8 Å². The minimum atomic E-state index is -1.09. The summed E-state index contributed by atoms with van der Waals surface area (Å²) in [6.45, 7) is 6.94. The summed E-state index contributed by atoms with van der Waals surface area (Å²) in [6, 6.07) is 15.1. The molecular weight excluding hydrogens is 498 g/mol. The third-order valence-electron chi connectivity index (χ3n) is 6.83. The van der Waals surface area contributed by atoms with Crippen molar-refractivity contribution < 1.29 is 28.7 Å². The van der Waals surface area contributed by atoms with Crippen LogP contribution in [0.3, 0.4) is 0 Å². The first-order chi connectivity index (χ1) is 18.5. The summed E-state index contributed by atoms with van der Waals surface area (Å²) < 4.78 is 10.6. The van der Waals surface area contributed by atoms with Crippen LogP contribution >= 0.6 is 0 Å². The van der Waals surface area contributed by atoms with Gasteiger partial charge >= 0.3 is 12.1 Å². The minimum Gasteiger partial charge on any atom is -0.461 e. The molecule has 1 atom stereocenters. The summed E-state index contributed by atoms with van der Waals surface area (Å²) in [5, 5.41) is 2.68. The Bertz CT molecular complexity index is 1190. The Morgan fingerprint density at radius 2 is 1.54 bits per heavy atom. The van der Waals surface area contributed by atoms with Crippen molar-refractivity contribution in [1.29, 1.82) is 0 Å². The lowest BCUT2D eigenvalue weighted by atomic mass is 9.90. The van der Waals surface area contributed by atoms with Crippen LogP contribution in [-0.4, -0.2) is 80.6 Å². The second kappa shape index (κ2) is 12.6. The van der Waals surface area contributed by atoms with Crippen molar-refractivity contribution in [1.82, 2.24) is 15.1 Å². The van der Waals surface area contributed by atoms with Gasteiger partial charge < -0.3 is 24.6 Å². The highest BCUT2D eigenvalue weighted by molar-refractivity contribution is 5.92. The number of carbonyl (C=O) groups is 4. The average Bonchev–Trinajstić information content (AvgIpc) is 3.24. The lowest BCUT2D eigenvalue weighted by Crippen LogP contribution is -2.54. The summed E-state index contributed by atoms with van der Waals surface area (Å²) >= 11 is 0. The van der Waals surface area contributed by atoms with Crippen molar-refractivity contribution in [3.63, 3.8) is 0 Å². The Morgan fingerprint density at radius 3 is 2.08 bits per heavy atom. The van der Waals surface area contributed by atoms with E-state index in [1.54, 1.807) is 27.9 Å². The van der Waals surface area contributed by atoms with Crippen LogP contribution in [0.1, 0.15) is 37.3 Å². The SMILES string of the molecule is C=CCOC(=O)C[C@@H](C(=O)N(C)C)N(C)C(=O)C(C)(C)CNC(=O)OCC1c2ccccc2-c2ccccc21. The van der Waals surface area contributed by atoms with E-state index < -0.39 is 35.3 Å². The second-order valence-corrected chi connectivity index (χ2v) is 10.4. The highest BCUT2D eigenvalue weighted by Crippen LogP contribution is 2.44. The van der Waals surface area contributed by atoms with Crippen molar-refractivity contribution in [3.8, 4) is 11.1 Å². The van der Waals surface area contributed by atoms with Gasteiger partial charge in [-0.3, -0.25) is 14.4 Å². The van der Waals surface area contributed by atoms with E-state index in [-0.39, 0.29) is 32.1 Å². The maximum Gasteiger partial charge on any atom is 0.407 e. The van der Waals surface area contributed by atoms with Crippen molar-refractivity contribution >= 4 is 23.9 Å². The van der Waals surface area contributed by atoms with E-state index in [9.17, 15) is 19.2 Å². The molecule has 39 heavy (non-hydrogen) atoms. The zero-order valence-corrected chi connectivity index (χ0v) is 23.2. The molecule has 1 N–H and O–H groups in total. The third-order valence-corrected chi connectivity index (χ3v) is 6.83. The molecule has 208 valence electrons. The van der Waals surface area contributed by atoms with E-state index in [0.29, 0.717) is 0 Å². The fraction of sp³-hybridized carbons (Fsp3) is 0.400. The molecule has 0 aliphatic heterocycles. The molecule has 1 aliphatic carbocycles. The highest BCUT2D eigenvalue weighted by atomic mass is 16.5. The van der Waals surface area contributed by atoms with Crippen molar-refractivity contribution in [3.05, 3.63) is 72.3 Å². The molecule has 1 aliphatic rings. The monoisotopic (exact) mass is 535 g/mol. The molecular formula is C30H37N3O6. The van der Waals surface area contributed by atoms with Crippen LogP contribution in [0.5, 0.6) is 0 Å². The van der Waals surface area contributed by atoms with Crippen molar-refractivity contribution in [2.75, 3.05) is 40.9 Å². The molecule has 0 heterocycles. The molecule has 3 rings (SSSR count). The molecule has 0 spiro atoms. The van der Waals surface area contributed by atoms with Gasteiger partial charge in [0, 0.05) is 33.6 Å². The summed E-state index contributed by atoms with van der Waals surface area (Å²) in [7, 11) is 4.56. The maximum absolute atomic E-state index is 13.4. The zero-order valence-electron chi connectivity index (χ0n) is 23.2. The molecule has 9 nitrogen and oxygen atoms in total.